The molecule has 0 spiro atoms. The summed E-state index contributed by atoms with van der Waals surface area (Å²) in [6.07, 6.45) is 0.941. The van der Waals surface area contributed by atoms with Gasteiger partial charge in [-0.2, -0.15) is 0 Å². The van der Waals surface area contributed by atoms with Crippen molar-refractivity contribution in [1.29, 1.82) is 0 Å². The first-order valence-electron chi connectivity index (χ1n) is 6.61. The van der Waals surface area contributed by atoms with Crippen LogP contribution in [0.4, 0.5) is 0 Å². The summed E-state index contributed by atoms with van der Waals surface area (Å²) >= 11 is 12.3. The lowest BCUT2D eigenvalue weighted by molar-refractivity contribution is 0.172. The second kappa shape index (κ2) is 6.76. The molecule has 4 heteroatoms. The number of nitrogens with zero attached hydrogens (tertiary/aromatic N) is 1. The summed E-state index contributed by atoms with van der Waals surface area (Å²) in [5, 5.41) is 4.78. The SMILES string of the molecule is C=C(C)C[C@H](c1cc(Cl)cc(Cl)c1)N1CCNCC1. The molecule has 1 aromatic rings. The van der Waals surface area contributed by atoms with Gasteiger partial charge in [-0.25, -0.2) is 0 Å². The first-order valence-corrected chi connectivity index (χ1v) is 7.37. The van der Waals surface area contributed by atoms with Gasteiger partial charge in [-0.1, -0.05) is 28.8 Å². The molecule has 0 saturated carbocycles. The lowest BCUT2D eigenvalue weighted by atomic mass is 9.98. The molecule has 2 nitrogen and oxygen atoms in total. The number of rotatable bonds is 4. The summed E-state index contributed by atoms with van der Waals surface area (Å²) in [5.74, 6) is 0. The van der Waals surface area contributed by atoms with Crippen LogP contribution in [0, 0.1) is 0 Å². The monoisotopic (exact) mass is 298 g/mol. The van der Waals surface area contributed by atoms with Crippen LogP contribution in [0.3, 0.4) is 0 Å². The molecule has 1 aromatic carbocycles. The summed E-state index contributed by atoms with van der Waals surface area (Å²) in [6.45, 7) is 10.3. The Balaban J connectivity index is 2.27. The van der Waals surface area contributed by atoms with Crippen molar-refractivity contribution < 1.29 is 0 Å². The van der Waals surface area contributed by atoms with Crippen LogP contribution >= 0.6 is 23.2 Å². The molecule has 0 radical (unpaired) electrons. The van der Waals surface area contributed by atoms with Gasteiger partial charge in [0.1, 0.15) is 0 Å². The third-order valence-corrected chi connectivity index (χ3v) is 3.84. The number of hydrogen-bond acceptors (Lipinski definition) is 2. The lowest BCUT2D eigenvalue weighted by Crippen LogP contribution is -2.45. The molecule has 1 N–H and O–H groups in total. The Labute approximate surface area is 125 Å². The number of hydrogen-bond donors (Lipinski definition) is 1. The van der Waals surface area contributed by atoms with E-state index in [1.54, 1.807) is 6.07 Å². The summed E-state index contributed by atoms with van der Waals surface area (Å²) < 4.78 is 0. The molecule has 2 rings (SSSR count). The highest BCUT2D eigenvalue weighted by Crippen LogP contribution is 2.31. The van der Waals surface area contributed by atoms with Crippen LogP contribution < -0.4 is 5.32 Å². The smallest absolute Gasteiger partial charge is 0.0424 e. The Kier molecular flexibility index (Phi) is 5.28. The number of piperazine rings is 1. The van der Waals surface area contributed by atoms with Crippen LogP contribution in [0.5, 0.6) is 0 Å². The molecule has 104 valence electrons. The Hall–Kier alpha value is -0.540. The Morgan fingerprint density at radius 1 is 1.26 bits per heavy atom. The second-order valence-corrected chi connectivity index (χ2v) is 6.04. The van der Waals surface area contributed by atoms with E-state index in [0.717, 1.165) is 32.6 Å². The maximum absolute atomic E-state index is 6.13. The minimum atomic E-state index is 0.316. The van der Waals surface area contributed by atoms with Gasteiger partial charge >= 0.3 is 0 Å². The van der Waals surface area contributed by atoms with Crippen molar-refractivity contribution in [2.75, 3.05) is 26.2 Å². The zero-order valence-corrected chi connectivity index (χ0v) is 12.8. The molecule has 0 aliphatic carbocycles. The average molecular weight is 299 g/mol. The van der Waals surface area contributed by atoms with Crippen LogP contribution in [0.25, 0.3) is 0 Å². The normalized spacial score (nSPS) is 18.3. The van der Waals surface area contributed by atoms with E-state index in [1.165, 1.54) is 11.1 Å². The fourth-order valence-corrected chi connectivity index (χ4v) is 3.09. The van der Waals surface area contributed by atoms with Crippen LogP contribution in [-0.2, 0) is 0 Å². The van der Waals surface area contributed by atoms with Crippen molar-refractivity contribution in [3.05, 3.63) is 46.0 Å². The minimum absolute atomic E-state index is 0.316. The van der Waals surface area contributed by atoms with Crippen LogP contribution in [0.1, 0.15) is 24.9 Å². The number of nitrogens with one attached hydrogen (secondary N) is 1. The van der Waals surface area contributed by atoms with E-state index in [1.807, 2.05) is 12.1 Å². The topological polar surface area (TPSA) is 15.3 Å². The molecule has 0 amide bonds. The van der Waals surface area contributed by atoms with E-state index < -0.39 is 0 Å². The van der Waals surface area contributed by atoms with Crippen molar-refractivity contribution >= 4 is 23.2 Å². The van der Waals surface area contributed by atoms with Crippen molar-refractivity contribution in [2.45, 2.75) is 19.4 Å². The third kappa shape index (κ3) is 4.22. The largest absolute Gasteiger partial charge is 0.314 e. The molecular formula is C15H20Cl2N2. The van der Waals surface area contributed by atoms with Crippen molar-refractivity contribution in [2.24, 2.45) is 0 Å². The Morgan fingerprint density at radius 2 is 1.84 bits per heavy atom. The van der Waals surface area contributed by atoms with Crippen molar-refractivity contribution in [3.63, 3.8) is 0 Å². The number of halogens is 2. The predicted molar refractivity (Wildman–Crippen MR) is 83.1 cm³/mol. The van der Waals surface area contributed by atoms with Crippen LogP contribution in [-0.4, -0.2) is 31.1 Å². The highest BCUT2D eigenvalue weighted by molar-refractivity contribution is 6.34. The molecular weight excluding hydrogens is 279 g/mol. The fraction of sp³-hybridized carbons (Fsp3) is 0.467. The van der Waals surface area contributed by atoms with Gasteiger partial charge in [0.25, 0.3) is 0 Å². The van der Waals surface area contributed by atoms with Crippen molar-refractivity contribution in [3.8, 4) is 0 Å². The van der Waals surface area contributed by atoms with Gasteiger partial charge in [0, 0.05) is 42.3 Å². The van der Waals surface area contributed by atoms with E-state index in [2.05, 4.69) is 23.7 Å². The standard InChI is InChI=1S/C15H20Cl2N2/c1-11(2)7-15(19-5-3-18-4-6-19)12-8-13(16)10-14(17)9-12/h8-10,15,18H,1,3-7H2,2H3/t15-/m1/s1. The lowest BCUT2D eigenvalue weighted by Gasteiger charge is -2.35. The molecule has 19 heavy (non-hydrogen) atoms. The van der Waals surface area contributed by atoms with Crippen LogP contribution in [0.15, 0.2) is 30.4 Å². The fourth-order valence-electron chi connectivity index (χ4n) is 2.55. The molecule has 1 atom stereocenters. The first kappa shape index (κ1) is 14.9. The quantitative estimate of drug-likeness (QED) is 0.848. The van der Waals surface area contributed by atoms with E-state index in [-0.39, 0.29) is 0 Å². The predicted octanol–water partition coefficient (Wildman–Crippen LogP) is 3.91. The van der Waals surface area contributed by atoms with E-state index in [9.17, 15) is 0 Å². The summed E-state index contributed by atoms with van der Waals surface area (Å²) in [6, 6.07) is 6.13. The molecule has 0 unspecified atom stereocenters. The summed E-state index contributed by atoms with van der Waals surface area (Å²) in [7, 11) is 0. The van der Waals surface area contributed by atoms with Gasteiger partial charge in [0.2, 0.25) is 0 Å². The Morgan fingerprint density at radius 3 is 2.37 bits per heavy atom. The van der Waals surface area contributed by atoms with E-state index in [0.29, 0.717) is 16.1 Å². The van der Waals surface area contributed by atoms with Gasteiger partial charge in [-0.05, 0) is 37.1 Å². The zero-order chi connectivity index (χ0) is 13.8. The molecule has 1 aliphatic heterocycles. The highest BCUT2D eigenvalue weighted by Gasteiger charge is 2.22. The zero-order valence-electron chi connectivity index (χ0n) is 11.3. The van der Waals surface area contributed by atoms with E-state index in [4.69, 9.17) is 23.2 Å². The minimum Gasteiger partial charge on any atom is -0.314 e. The molecule has 1 saturated heterocycles. The third-order valence-electron chi connectivity index (χ3n) is 3.40. The molecule has 0 bridgehead atoms. The maximum Gasteiger partial charge on any atom is 0.0424 e. The highest BCUT2D eigenvalue weighted by atomic mass is 35.5. The van der Waals surface area contributed by atoms with Crippen LogP contribution in [0.2, 0.25) is 10.0 Å². The van der Waals surface area contributed by atoms with Crippen molar-refractivity contribution in [1.82, 2.24) is 10.2 Å². The summed E-state index contributed by atoms with van der Waals surface area (Å²) in [5.41, 5.74) is 2.36. The van der Waals surface area contributed by atoms with Gasteiger partial charge < -0.3 is 5.32 Å². The first-order chi connectivity index (χ1) is 9.06. The Bertz CT molecular complexity index is 433. The average Bonchev–Trinajstić information content (AvgIpc) is 2.35. The maximum atomic E-state index is 6.13. The van der Waals surface area contributed by atoms with Gasteiger partial charge in [-0.15, -0.1) is 6.58 Å². The summed E-state index contributed by atoms with van der Waals surface area (Å²) in [4.78, 5) is 2.48. The molecule has 1 fully saturated rings. The second-order valence-electron chi connectivity index (χ2n) is 5.17. The van der Waals surface area contributed by atoms with Gasteiger partial charge in [0.15, 0.2) is 0 Å². The molecule has 1 heterocycles. The number of benzene rings is 1. The van der Waals surface area contributed by atoms with Gasteiger partial charge in [0.05, 0.1) is 0 Å². The van der Waals surface area contributed by atoms with E-state index >= 15 is 0 Å². The van der Waals surface area contributed by atoms with Gasteiger partial charge in [-0.3, -0.25) is 4.90 Å². The molecule has 1 aliphatic rings. The molecule has 0 aromatic heterocycles.